The summed E-state index contributed by atoms with van der Waals surface area (Å²) in [6, 6.07) is 28.1. The minimum Gasteiger partial charge on any atom is -0.506 e. The van der Waals surface area contributed by atoms with Gasteiger partial charge >= 0.3 is 5.97 Å². The molecular weight excluding hydrogens is 703 g/mol. The summed E-state index contributed by atoms with van der Waals surface area (Å²) in [5.41, 5.74) is 2.54. The van der Waals surface area contributed by atoms with E-state index in [2.05, 4.69) is 56.2 Å². The topological polar surface area (TPSA) is 167 Å². The fourth-order valence-electron chi connectivity index (χ4n) is 8.33. The molecule has 0 radical (unpaired) electrons. The van der Waals surface area contributed by atoms with Crippen LogP contribution in [0.25, 0.3) is 10.9 Å². The van der Waals surface area contributed by atoms with Gasteiger partial charge in [0.05, 0.1) is 16.5 Å². The SMILES string of the molecule is O=C(NCCCCNC[C@H](O)c1ccc(O)c2[nH]c(=O)ccc12)c1ccc(CN[C@@]2(C(=O)O)c3ccccc3CC2C2CCN(Cc3ccccc3)C2)s1. The average Bonchev–Trinajstić information content (AvgIpc) is 3.92. The average molecular weight is 750 g/mol. The van der Waals surface area contributed by atoms with E-state index < -0.39 is 17.6 Å². The van der Waals surface area contributed by atoms with Gasteiger partial charge in [-0.25, -0.2) is 4.79 Å². The van der Waals surface area contributed by atoms with Crippen LogP contribution in [-0.2, 0) is 29.8 Å². The molecule has 11 nitrogen and oxygen atoms in total. The number of carboxylic acids is 1. The molecule has 282 valence electrons. The molecule has 1 aliphatic carbocycles. The number of aliphatic carboxylic acids is 1. The van der Waals surface area contributed by atoms with Gasteiger partial charge in [-0.15, -0.1) is 11.3 Å². The lowest BCUT2D eigenvalue weighted by Gasteiger charge is -2.37. The lowest BCUT2D eigenvalue weighted by atomic mass is 9.75. The molecule has 0 bridgehead atoms. The van der Waals surface area contributed by atoms with Crippen molar-refractivity contribution in [2.45, 2.75) is 50.4 Å². The Hall–Kier alpha value is -4.85. The van der Waals surface area contributed by atoms with E-state index in [1.54, 1.807) is 18.2 Å². The van der Waals surface area contributed by atoms with Crippen molar-refractivity contribution in [2.75, 3.05) is 32.7 Å². The second-order valence-corrected chi connectivity index (χ2v) is 15.6. The van der Waals surface area contributed by atoms with E-state index >= 15 is 0 Å². The van der Waals surface area contributed by atoms with E-state index in [1.165, 1.54) is 29.0 Å². The molecule has 12 heteroatoms. The summed E-state index contributed by atoms with van der Waals surface area (Å²) < 4.78 is 0. The van der Waals surface area contributed by atoms with Gasteiger partial charge < -0.3 is 30.9 Å². The number of carbonyl (C=O) groups excluding carboxylic acids is 1. The third-order valence-electron chi connectivity index (χ3n) is 11.0. The number of carbonyl (C=O) groups is 2. The number of rotatable bonds is 16. The molecule has 1 amide bonds. The molecule has 3 heterocycles. The number of nitrogens with zero attached hydrogens (tertiary/aromatic N) is 1. The van der Waals surface area contributed by atoms with Gasteiger partial charge in [0.1, 0.15) is 11.3 Å². The minimum atomic E-state index is -1.22. The van der Waals surface area contributed by atoms with Crippen molar-refractivity contribution < 1.29 is 24.9 Å². The van der Waals surface area contributed by atoms with E-state index in [0.717, 1.165) is 54.9 Å². The maximum atomic E-state index is 13.4. The number of amides is 1. The molecule has 2 unspecified atom stereocenters. The molecule has 1 fully saturated rings. The molecule has 7 rings (SSSR count). The minimum absolute atomic E-state index is 0.0506. The van der Waals surface area contributed by atoms with Crippen molar-refractivity contribution in [3.63, 3.8) is 0 Å². The van der Waals surface area contributed by atoms with E-state index in [-0.39, 0.29) is 29.1 Å². The number of H-pyrrole nitrogens is 1. The number of hydrogen-bond acceptors (Lipinski definition) is 9. The number of aliphatic hydroxyl groups excluding tert-OH is 1. The van der Waals surface area contributed by atoms with Gasteiger partial charge in [0, 0.05) is 55.0 Å². The highest BCUT2D eigenvalue weighted by atomic mass is 32.1. The number of fused-ring (bicyclic) bond motifs is 2. The van der Waals surface area contributed by atoms with Crippen LogP contribution in [0.1, 0.15) is 62.2 Å². The Kier molecular flexibility index (Phi) is 11.6. The highest BCUT2D eigenvalue weighted by Crippen LogP contribution is 2.48. The lowest BCUT2D eigenvalue weighted by molar-refractivity contribution is -0.148. The summed E-state index contributed by atoms with van der Waals surface area (Å²) in [5.74, 6) is -0.946. The number of thiophene rings is 1. The zero-order chi connectivity index (χ0) is 37.7. The predicted octanol–water partition coefficient (Wildman–Crippen LogP) is 4.89. The molecule has 2 aromatic heterocycles. The number of aromatic amines is 1. The first-order valence-corrected chi connectivity index (χ1v) is 19.5. The normalized spacial score (nSPS) is 20.2. The fourth-order valence-corrected chi connectivity index (χ4v) is 9.19. The van der Waals surface area contributed by atoms with Gasteiger partial charge in [-0.2, -0.15) is 0 Å². The van der Waals surface area contributed by atoms with Crippen LogP contribution < -0.4 is 21.5 Å². The summed E-state index contributed by atoms with van der Waals surface area (Å²) in [7, 11) is 0. The molecule has 1 saturated heterocycles. The number of hydrogen-bond donors (Lipinski definition) is 7. The Morgan fingerprint density at radius 3 is 2.59 bits per heavy atom. The van der Waals surface area contributed by atoms with Gasteiger partial charge in [-0.3, -0.25) is 19.8 Å². The second kappa shape index (κ2) is 16.7. The van der Waals surface area contributed by atoms with Crippen LogP contribution in [0.2, 0.25) is 0 Å². The molecular formula is C42H47N5O6S. The zero-order valence-corrected chi connectivity index (χ0v) is 30.9. The summed E-state index contributed by atoms with van der Waals surface area (Å²) in [6.45, 7) is 4.41. The highest BCUT2D eigenvalue weighted by molar-refractivity contribution is 7.14. The van der Waals surface area contributed by atoms with Crippen LogP contribution in [0, 0.1) is 11.8 Å². The van der Waals surface area contributed by atoms with Crippen molar-refractivity contribution in [3.8, 4) is 5.75 Å². The number of phenolic OH excluding ortho intramolecular Hbond substituents is 1. The largest absolute Gasteiger partial charge is 0.506 e. The summed E-state index contributed by atoms with van der Waals surface area (Å²) in [5, 5.41) is 42.1. The molecule has 7 N–H and O–H groups in total. The number of benzene rings is 3. The van der Waals surface area contributed by atoms with Gasteiger partial charge in [0.25, 0.3) is 5.91 Å². The van der Waals surface area contributed by atoms with Crippen molar-refractivity contribution in [3.05, 3.63) is 133 Å². The van der Waals surface area contributed by atoms with E-state index in [1.807, 2.05) is 30.3 Å². The van der Waals surface area contributed by atoms with Crippen LogP contribution in [-0.4, -0.2) is 69.8 Å². The number of aliphatic hydroxyl groups is 1. The van der Waals surface area contributed by atoms with Crippen molar-refractivity contribution in [1.29, 1.82) is 0 Å². The summed E-state index contributed by atoms with van der Waals surface area (Å²) >= 11 is 1.38. The number of nitrogens with one attached hydrogen (secondary N) is 4. The number of carboxylic acid groups (broad SMARTS) is 1. The summed E-state index contributed by atoms with van der Waals surface area (Å²) in [4.78, 5) is 44.6. The molecule has 3 aromatic carbocycles. The predicted molar refractivity (Wildman–Crippen MR) is 210 cm³/mol. The van der Waals surface area contributed by atoms with Crippen LogP contribution >= 0.6 is 11.3 Å². The smallest absolute Gasteiger partial charge is 0.328 e. The number of likely N-dealkylation sites (tertiary alicyclic amines) is 1. The number of phenols is 1. The standard InChI is InChI=1S/C42H47N5O6S/c48-35-15-13-31(32-14-17-38(50)46-39(32)35)36(49)24-43-19-6-7-20-44-40(51)37-16-12-30(54-37)23-45-42(41(52)53)33-11-5-4-10-28(33)22-34(42)29-18-21-47(26-29)25-27-8-2-1-3-9-27/h1-5,8-17,29,34,36,43,45,48-49H,6-7,18-26H2,(H,44,51)(H,46,50)(H,52,53)/t29?,34?,36-,42-/m0/s1. The van der Waals surface area contributed by atoms with Crippen LogP contribution in [0.4, 0.5) is 0 Å². The number of aromatic nitrogens is 1. The van der Waals surface area contributed by atoms with E-state index in [0.29, 0.717) is 53.9 Å². The Morgan fingerprint density at radius 2 is 1.76 bits per heavy atom. The summed E-state index contributed by atoms with van der Waals surface area (Å²) in [6.07, 6.45) is 2.35. The van der Waals surface area contributed by atoms with Crippen molar-refractivity contribution in [2.24, 2.45) is 11.8 Å². The quantitative estimate of drug-likeness (QED) is 0.0696. The number of pyridine rings is 1. The molecule has 54 heavy (non-hydrogen) atoms. The van der Waals surface area contributed by atoms with Gasteiger partial charge in [0.2, 0.25) is 5.56 Å². The zero-order valence-electron chi connectivity index (χ0n) is 30.1. The van der Waals surface area contributed by atoms with Crippen molar-refractivity contribution >= 4 is 34.1 Å². The first kappa shape index (κ1) is 37.5. The molecule has 0 spiro atoms. The maximum absolute atomic E-state index is 13.4. The van der Waals surface area contributed by atoms with Crippen LogP contribution in [0.15, 0.2) is 95.8 Å². The van der Waals surface area contributed by atoms with E-state index in [4.69, 9.17) is 0 Å². The fraction of sp³-hybridized carbons (Fsp3) is 0.357. The van der Waals surface area contributed by atoms with Gasteiger partial charge in [-0.05, 0) is 91.2 Å². The molecule has 2 aliphatic rings. The van der Waals surface area contributed by atoms with Crippen LogP contribution in [0.5, 0.6) is 5.75 Å². The Labute approximate surface area is 318 Å². The van der Waals surface area contributed by atoms with Gasteiger partial charge in [0.15, 0.2) is 0 Å². The molecule has 0 saturated carbocycles. The van der Waals surface area contributed by atoms with Crippen LogP contribution in [0.3, 0.4) is 0 Å². The molecule has 4 atom stereocenters. The Bertz CT molecular complexity index is 2150. The maximum Gasteiger partial charge on any atom is 0.328 e. The third-order valence-corrected chi connectivity index (χ3v) is 12.1. The van der Waals surface area contributed by atoms with Crippen molar-refractivity contribution in [1.82, 2.24) is 25.8 Å². The van der Waals surface area contributed by atoms with E-state index in [9.17, 15) is 29.7 Å². The molecule has 1 aliphatic heterocycles. The monoisotopic (exact) mass is 749 g/mol. The lowest BCUT2D eigenvalue weighted by Crippen LogP contribution is -2.54. The Morgan fingerprint density at radius 1 is 0.963 bits per heavy atom. The molecule has 5 aromatic rings. The first-order chi connectivity index (χ1) is 26.2. The number of aromatic hydroxyl groups is 1. The van der Waals surface area contributed by atoms with Gasteiger partial charge in [-0.1, -0.05) is 60.7 Å². The first-order valence-electron chi connectivity index (χ1n) is 18.7. The second-order valence-electron chi connectivity index (χ2n) is 14.4. The highest BCUT2D eigenvalue weighted by Gasteiger charge is 2.55. The third kappa shape index (κ3) is 7.98. The Balaban J connectivity index is 0.895. The number of unbranched alkanes of at least 4 members (excludes halogenated alkanes) is 1.